The molecule has 1 amide bonds. The van der Waals surface area contributed by atoms with Gasteiger partial charge >= 0.3 is 0 Å². The number of aryl methyl sites for hydroxylation is 2. The van der Waals surface area contributed by atoms with Crippen LogP contribution in [0.4, 0.5) is 0 Å². The van der Waals surface area contributed by atoms with Crippen molar-refractivity contribution in [2.45, 2.75) is 32.6 Å². The van der Waals surface area contributed by atoms with E-state index >= 15 is 0 Å². The molecule has 3 heterocycles. The van der Waals surface area contributed by atoms with E-state index in [0.717, 1.165) is 38.3 Å². The number of aromatic nitrogens is 1. The van der Waals surface area contributed by atoms with Crippen molar-refractivity contribution in [1.82, 2.24) is 10.1 Å². The fourth-order valence-corrected chi connectivity index (χ4v) is 3.62. The first kappa shape index (κ1) is 14.3. The van der Waals surface area contributed by atoms with E-state index < -0.39 is 0 Å². The number of hydrogen-bond acceptors (Lipinski definition) is 4. The van der Waals surface area contributed by atoms with Gasteiger partial charge in [0.05, 0.1) is 12.3 Å². The third-order valence-electron chi connectivity index (χ3n) is 4.91. The molecular weight excluding hydrogens is 292 g/mol. The minimum Gasteiger partial charge on any atom is -0.493 e. The van der Waals surface area contributed by atoms with Crippen molar-refractivity contribution in [1.29, 1.82) is 0 Å². The number of nitrogens with zero attached hydrogens (tertiary/aromatic N) is 2. The monoisotopic (exact) mass is 312 g/mol. The second kappa shape index (κ2) is 5.41. The Bertz CT molecular complexity index is 746. The van der Waals surface area contributed by atoms with Gasteiger partial charge in [0.15, 0.2) is 0 Å². The van der Waals surface area contributed by atoms with Crippen molar-refractivity contribution in [3.63, 3.8) is 0 Å². The average Bonchev–Trinajstić information content (AvgIpc) is 3.26. The number of likely N-dealkylation sites (tertiary alicyclic amines) is 1. The fraction of sp³-hybridized carbons (Fsp3) is 0.444. The number of hydrogen-bond donors (Lipinski definition) is 0. The second-order valence-electron chi connectivity index (χ2n) is 6.40. The molecular formula is C18H20N2O3. The smallest absolute Gasteiger partial charge is 0.259 e. The van der Waals surface area contributed by atoms with Gasteiger partial charge in [0.1, 0.15) is 17.1 Å². The molecule has 2 aromatic rings. The van der Waals surface area contributed by atoms with Crippen molar-refractivity contribution in [2.24, 2.45) is 0 Å². The van der Waals surface area contributed by atoms with Gasteiger partial charge < -0.3 is 14.2 Å². The highest BCUT2D eigenvalue weighted by atomic mass is 16.5. The molecule has 0 bridgehead atoms. The van der Waals surface area contributed by atoms with Crippen LogP contribution in [-0.4, -0.2) is 35.7 Å². The molecule has 0 N–H and O–H groups in total. The first-order chi connectivity index (χ1) is 11.1. The summed E-state index contributed by atoms with van der Waals surface area (Å²) in [6.45, 7) is 5.92. The molecule has 1 aromatic heterocycles. The van der Waals surface area contributed by atoms with Gasteiger partial charge in [0, 0.05) is 25.4 Å². The Kier molecular flexibility index (Phi) is 3.36. The summed E-state index contributed by atoms with van der Waals surface area (Å²) in [5, 5.41) is 3.89. The van der Waals surface area contributed by atoms with Crippen LogP contribution in [-0.2, 0) is 6.42 Å². The maximum Gasteiger partial charge on any atom is 0.259 e. The van der Waals surface area contributed by atoms with Gasteiger partial charge in [-0.2, -0.15) is 0 Å². The molecule has 0 aliphatic carbocycles. The van der Waals surface area contributed by atoms with E-state index in [1.165, 1.54) is 11.1 Å². The zero-order valence-electron chi connectivity index (χ0n) is 13.5. The van der Waals surface area contributed by atoms with E-state index in [1.807, 2.05) is 11.8 Å². The standard InChI is InChI=1S/C18H20N2O3/c1-11-17(12(2)23-19-11)18(21)20-7-5-15(10-20)13-3-4-16-14(9-13)6-8-22-16/h3-4,9,15H,5-8,10H2,1-2H3. The third kappa shape index (κ3) is 2.40. The topological polar surface area (TPSA) is 55.6 Å². The molecule has 4 rings (SSSR count). The molecule has 2 aliphatic rings. The predicted molar refractivity (Wildman–Crippen MR) is 84.9 cm³/mol. The molecule has 0 radical (unpaired) electrons. The molecule has 5 heteroatoms. The summed E-state index contributed by atoms with van der Waals surface area (Å²) in [5.74, 6) is 2.04. The third-order valence-corrected chi connectivity index (χ3v) is 4.91. The van der Waals surface area contributed by atoms with Gasteiger partial charge in [-0.3, -0.25) is 4.79 Å². The Labute approximate surface area is 135 Å². The fourth-order valence-electron chi connectivity index (χ4n) is 3.62. The Morgan fingerprint density at radius 1 is 1.35 bits per heavy atom. The highest BCUT2D eigenvalue weighted by molar-refractivity contribution is 5.96. The lowest BCUT2D eigenvalue weighted by molar-refractivity contribution is 0.0788. The van der Waals surface area contributed by atoms with Crippen LogP contribution in [0.25, 0.3) is 0 Å². The highest BCUT2D eigenvalue weighted by Gasteiger charge is 2.31. The molecule has 1 atom stereocenters. The minimum absolute atomic E-state index is 0.0354. The number of ether oxygens (including phenoxy) is 1. The van der Waals surface area contributed by atoms with Gasteiger partial charge in [-0.1, -0.05) is 17.3 Å². The highest BCUT2D eigenvalue weighted by Crippen LogP contribution is 2.33. The second-order valence-corrected chi connectivity index (χ2v) is 6.40. The summed E-state index contributed by atoms with van der Waals surface area (Å²) in [4.78, 5) is 14.6. The number of amides is 1. The lowest BCUT2D eigenvalue weighted by Crippen LogP contribution is -2.29. The Morgan fingerprint density at radius 3 is 3.00 bits per heavy atom. The molecule has 0 spiro atoms. The van der Waals surface area contributed by atoms with Crippen molar-refractivity contribution in [3.05, 3.63) is 46.3 Å². The molecule has 1 fully saturated rings. The Morgan fingerprint density at radius 2 is 2.22 bits per heavy atom. The van der Waals surface area contributed by atoms with Crippen molar-refractivity contribution >= 4 is 5.91 Å². The van der Waals surface area contributed by atoms with Gasteiger partial charge in [-0.15, -0.1) is 0 Å². The summed E-state index contributed by atoms with van der Waals surface area (Å²) < 4.78 is 10.7. The van der Waals surface area contributed by atoms with E-state index in [-0.39, 0.29) is 5.91 Å². The van der Waals surface area contributed by atoms with Gasteiger partial charge in [0.25, 0.3) is 5.91 Å². The number of benzene rings is 1. The first-order valence-electron chi connectivity index (χ1n) is 8.11. The van der Waals surface area contributed by atoms with Gasteiger partial charge in [-0.25, -0.2) is 0 Å². The summed E-state index contributed by atoms with van der Waals surface area (Å²) in [6, 6.07) is 6.45. The Balaban J connectivity index is 1.52. The largest absolute Gasteiger partial charge is 0.493 e. The molecule has 5 nitrogen and oxygen atoms in total. The zero-order chi connectivity index (χ0) is 16.0. The SMILES string of the molecule is Cc1noc(C)c1C(=O)N1CCC(c2ccc3c(c2)CCO3)C1. The van der Waals surface area contributed by atoms with Gasteiger partial charge in [-0.05, 0) is 37.5 Å². The van der Waals surface area contributed by atoms with Crippen LogP contribution in [0.15, 0.2) is 22.7 Å². The summed E-state index contributed by atoms with van der Waals surface area (Å²) in [5.41, 5.74) is 3.89. The number of rotatable bonds is 2. The molecule has 0 saturated carbocycles. The van der Waals surface area contributed by atoms with Gasteiger partial charge in [0.2, 0.25) is 0 Å². The Hall–Kier alpha value is -2.30. The molecule has 120 valence electrons. The minimum atomic E-state index is 0.0354. The molecule has 1 saturated heterocycles. The quantitative estimate of drug-likeness (QED) is 0.855. The van der Waals surface area contributed by atoms with Crippen LogP contribution in [0.3, 0.4) is 0 Å². The van der Waals surface area contributed by atoms with E-state index in [2.05, 4.69) is 23.4 Å². The van der Waals surface area contributed by atoms with E-state index in [1.54, 1.807) is 6.92 Å². The normalized spacial score (nSPS) is 19.7. The summed E-state index contributed by atoms with van der Waals surface area (Å²) >= 11 is 0. The van der Waals surface area contributed by atoms with Crippen LogP contribution >= 0.6 is 0 Å². The molecule has 23 heavy (non-hydrogen) atoms. The number of fused-ring (bicyclic) bond motifs is 1. The van der Waals surface area contributed by atoms with E-state index in [9.17, 15) is 4.79 Å². The number of carbonyl (C=O) groups is 1. The summed E-state index contributed by atoms with van der Waals surface area (Å²) in [7, 11) is 0. The molecule has 1 unspecified atom stereocenters. The zero-order valence-corrected chi connectivity index (χ0v) is 13.5. The lowest BCUT2D eigenvalue weighted by atomic mass is 9.96. The number of carbonyl (C=O) groups excluding carboxylic acids is 1. The summed E-state index contributed by atoms with van der Waals surface area (Å²) in [6.07, 6.45) is 1.98. The van der Waals surface area contributed by atoms with Crippen LogP contribution in [0.2, 0.25) is 0 Å². The van der Waals surface area contributed by atoms with Crippen LogP contribution in [0, 0.1) is 13.8 Å². The molecule has 2 aliphatic heterocycles. The van der Waals surface area contributed by atoms with Crippen LogP contribution in [0.5, 0.6) is 5.75 Å². The van der Waals surface area contributed by atoms with E-state index in [0.29, 0.717) is 22.9 Å². The van der Waals surface area contributed by atoms with Crippen molar-refractivity contribution in [2.75, 3.05) is 19.7 Å². The maximum absolute atomic E-state index is 12.7. The lowest BCUT2D eigenvalue weighted by Gasteiger charge is -2.17. The van der Waals surface area contributed by atoms with E-state index in [4.69, 9.17) is 9.26 Å². The van der Waals surface area contributed by atoms with Crippen LogP contribution < -0.4 is 4.74 Å². The van der Waals surface area contributed by atoms with Crippen molar-refractivity contribution in [3.8, 4) is 5.75 Å². The predicted octanol–water partition coefficient (Wildman–Crippen LogP) is 2.86. The first-order valence-corrected chi connectivity index (χ1v) is 8.11. The molecule has 1 aromatic carbocycles. The average molecular weight is 312 g/mol. The van der Waals surface area contributed by atoms with Crippen LogP contribution in [0.1, 0.15) is 45.3 Å². The maximum atomic E-state index is 12.7. The van der Waals surface area contributed by atoms with Crippen molar-refractivity contribution < 1.29 is 14.1 Å².